The topological polar surface area (TPSA) is 42.7 Å². The van der Waals surface area contributed by atoms with E-state index in [1.54, 1.807) is 17.0 Å². The highest BCUT2D eigenvalue weighted by molar-refractivity contribution is 9.10. The minimum absolute atomic E-state index is 0.208. The normalized spacial score (nSPS) is 13.2. The van der Waals surface area contributed by atoms with Gasteiger partial charge in [-0.05, 0) is 41.5 Å². The Kier molecular flexibility index (Phi) is 4.36. The van der Waals surface area contributed by atoms with Crippen molar-refractivity contribution in [1.29, 1.82) is 0 Å². The average molecular weight is 452 g/mol. The summed E-state index contributed by atoms with van der Waals surface area (Å²) in [6.07, 6.45) is 0. The van der Waals surface area contributed by atoms with Crippen LogP contribution in [-0.2, 0) is 6.54 Å². The van der Waals surface area contributed by atoms with Crippen LogP contribution in [0, 0.1) is 5.82 Å². The van der Waals surface area contributed by atoms with Gasteiger partial charge in [0.25, 0.3) is 0 Å². The van der Waals surface area contributed by atoms with Crippen LogP contribution >= 0.6 is 15.9 Å². The molecule has 29 heavy (non-hydrogen) atoms. The maximum absolute atomic E-state index is 14.5. The number of anilines is 1. The molecule has 0 radical (unpaired) electrons. The number of fused-ring (bicyclic) bond motifs is 3. The van der Waals surface area contributed by atoms with Gasteiger partial charge in [0, 0.05) is 15.9 Å². The fraction of sp³-hybridized carbons (Fsp3) is 0.0870. The van der Waals surface area contributed by atoms with E-state index in [0.29, 0.717) is 28.0 Å². The zero-order chi connectivity index (χ0) is 20.0. The van der Waals surface area contributed by atoms with Crippen molar-refractivity contribution in [2.24, 2.45) is 0 Å². The first kappa shape index (κ1) is 17.9. The van der Waals surface area contributed by atoms with E-state index < -0.39 is 5.63 Å². The molecule has 4 aromatic rings. The van der Waals surface area contributed by atoms with Crippen molar-refractivity contribution < 1.29 is 13.5 Å². The summed E-state index contributed by atoms with van der Waals surface area (Å²) in [4.78, 5) is 14.1. The fourth-order valence-corrected chi connectivity index (χ4v) is 4.02. The number of nitrogens with zero attached hydrogens (tertiary/aromatic N) is 1. The molecule has 0 aliphatic carbocycles. The summed E-state index contributed by atoms with van der Waals surface area (Å²) in [5.74, 6) is 0.290. The van der Waals surface area contributed by atoms with Crippen LogP contribution in [0.5, 0.6) is 5.75 Å². The van der Waals surface area contributed by atoms with E-state index in [1.807, 2.05) is 42.5 Å². The third-order valence-corrected chi connectivity index (χ3v) is 5.53. The van der Waals surface area contributed by atoms with Gasteiger partial charge < -0.3 is 14.1 Å². The predicted molar refractivity (Wildman–Crippen MR) is 114 cm³/mol. The Morgan fingerprint density at radius 1 is 1.00 bits per heavy atom. The molecule has 144 valence electrons. The van der Waals surface area contributed by atoms with Crippen LogP contribution in [-0.4, -0.2) is 6.73 Å². The minimum atomic E-state index is -0.434. The van der Waals surface area contributed by atoms with Crippen LogP contribution in [0.2, 0.25) is 0 Å². The zero-order valence-corrected chi connectivity index (χ0v) is 16.8. The van der Waals surface area contributed by atoms with Crippen LogP contribution in [0.25, 0.3) is 22.1 Å². The van der Waals surface area contributed by atoms with Crippen LogP contribution in [0.4, 0.5) is 10.1 Å². The third kappa shape index (κ3) is 3.19. The van der Waals surface area contributed by atoms with Gasteiger partial charge in [0.2, 0.25) is 0 Å². The van der Waals surface area contributed by atoms with Gasteiger partial charge in [0.05, 0.1) is 17.8 Å². The largest absolute Gasteiger partial charge is 0.473 e. The van der Waals surface area contributed by atoms with Gasteiger partial charge in [-0.3, -0.25) is 0 Å². The molecule has 2 heterocycles. The molecular formula is C23H15BrFNO3. The quantitative estimate of drug-likeness (QED) is 0.365. The number of hydrogen-bond acceptors (Lipinski definition) is 4. The number of benzene rings is 3. The van der Waals surface area contributed by atoms with Gasteiger partial charge in [0.15, 0.2) is 6.73 Å². The van der Waals surface area contributed by atoms with Crippen LogP contribution in [0.1, 0.15) is 5.56 Å². The van der Waals surface area contributed by atoms with E-state index in [4.69, 9.17) is 9.15 Å². The van der Waals surface area contributed by atoms with Gasteiger partial charge in [-0.1, -0.05) is 46.3 Å². The highest BCUT2D eigenvalue weighted by Gasteiger charge is 2.24. The lowest BCUT2D eigenvalue weighted by Crippen LogP contribution is -2.32. The summed E-state index contributed by atoms with van der Waals surface area (Å²) >= 11 is 3.28. The van der Waals surface area contributed by atoms with Crippen molar-refractivity contribution >= 4 is 32.6 Å². The molecule has 5 rings (SSSR count). The molecule has 1 aliphatic rings. The lowest BCUT2D eigenvalue weighted by molar-refractivity contribution is 0.287. The Morgan fingerprint density at radius 3 is 2.62 bits per heavy atom. The van der Waals surface area contributed by atoms with Gasteiger partial charge in [0.1, 0.15) is 17.1 Å². The Balaban J connectivity index is 1.66. The van der Waals surface area contributed by atoms with E-state index >= 15 is 0 Å². The van der Waals surface area contributed by atoms with Crippen molar-refractivity contribution in [3.8, 4) is 16.9 Å². The molecule has 0 fully saturated rings. The molecule has 4 nitrogen and oxygen atoms in total. The molecule has 1 aliphatic heterocycles. The van der Waals surface area contributed by atoms with E-state index in [0.717, 1.165) is 22.1 Å². The van der Waals surface area contributed by atoms with E-state index in [-0.39, 0.29) is 12.5 Å². The standard InChI is InChI=1S/C23H15BrFNO3/c24-15-6-8-20(19(25)10-15)26-12-18-21(28-13-26)9-7-16-17(11-22(27)29-23(16)18)14-4-2-1-3-5-14/h1-11H,12-13H2. The number of rotatable bonds is 2. The summed E-state index contributed by atoms with van der Waals surface area (Å²) in [5.41, 5.74) is 2.92. The summed E-state index contributed by atoms with van der Waals surface area (Å²) in [7, 11) is 0. The molecule has 0 unspecified atom stereocenters. The fourth-order valence-electron chi connectivity index (χ4n) is 3.68. The smallest absolute Gasteiger partial charge is 0.336 e. The number of ether oxygens (including phenoxy) is 1. The second-order valence-electron chi connectivity index (χ2n) is 6.83. The second-order valence-corrected chi connectivity index (χ2v) is 7.75. The average Bonchev–Trinajstić information content (AvgIpc) is 2.73. The molecule has 0 bridgehead atoms. The molecule has 0 atom stereocenters. The van der Waals surface area contributed by atoms with E-state index in [1.165, 1.54) is 12.1 Å². The Morgan fingerprint density at radius 2 is 1.83 bits per heavy atom. The highest BCUT2D eigenvalue weighted by Crippen LogP contribution is 2.37. The first-order valence-corrected chi connectivity index (χ1v) is 9.87. The highest BCUT2D eigenvalue weighted by atomic mass is 79.9. The molecule has 0 spiro atoms. The summed E-state index contributed by atoms with van der Waals surface area (Å²) in [5, 5.41) is 0.816. The Hall–Kier alpha value is -3.12. The monoisotopic (exact) mass is 451 g/mol. The van der Waals surface area contributed by atoms with Gasteiger partial charge in [-0.25, -0.2) is 9.18 Å². The van der Waals surface area contributed by atoms with Gasteiger partial charge in [-0.15, -0.1) is 0 Å². The van der Waals surface area contributed by atoms with Crippen LogP contribution < -0.4 is 15.3 Å². The first-order chi connectivity index (χ1) is 14.1. The molecule has 0 saturated carbocycles. The summed E-state index contributed by atoms with van der Waals surface area (Å²) in [6.45, 7) is 0.575. The van der Waals surface area contributed by atoms with E-state index in [2.05, 4.69) is 15.9 Å². The minimum Gasteiger partial charge on any atom is -0.473 e. The lowest BCUT2D eigenvalue weighted by Gasteiger charge is -2.31. The first-order valence-electron chi connectivity index (χ1n) is 9.08. The maximum Gasteiger partial charge on any atom is 0.336 e. The van der Waals surface area contributed by atoms with Crippen molar-refractivity contribution in [1.82, 2.24) is 0 Å². The SMILES string of the molecule is O=c1cc(-c2ccccc2)c2ccc3c(c2o1)CN(c1ccc(Br)cc1F)CO3. The van der Waals surface area contributed by atoms with Crippen molar-refractivity contribution in [3.63, 3.8) is 0 Å². The van der Waals surface area contributed by atoms with Crippen LogP contribution in [0.3, 0.4) is 0 Å². The number of hydrogen-bond donors (Lipinski definition) is 0. The van der Waals surface area contributed by atoms with Crippen molar-refractivity contribution in [2.45, 2.75) is 6.54 Å². The number of halogens is 2. The van der Waals surface area contributed by atoms with Gasteiger partial charge in [-0.2, -0.15) is 0 Å². The Bertz CT molecular complexity index is 1290. The predicted octanol–water partition coefficient (Wildman–Crippen LogP) is 5.72. The lowest BCUT2D eigenvalue weighted by atomic mass is 9.99. The zero-order valence-electron chi connectivity index (χ0n) is 15.2. The molecule has 1 aromatic heterocycles. The molecule has 0 N–H and O–H groups in total. The molecule has 3 aromatic carbocycles. The third-order valence-electron chi connectivity index (χ3n) is 5.03. The molecule has 6 heteroatoms. The Labute approximate surface area is 174 Å². The molecular weight excluding hydrogens is 437 g/mol. The van der Waals surface area contributed by atoms with Gasteiger partial charge >= 0.3 is 5.63 Å². The van der Waals surface area contributed by atoms with Crippen molar-refractivity contribution in [3.05, 3.63) is 93.0 Å². The van der Waals surface area contributed by atoms with Crippen LogP contribution in [0.15, 0.2) is 80.4 Å². The van der Waals surface area contributed by atoms with Crippen molar-refractivity contribution in [2.75, 3.05) is 11.6 Å². The maximum atomic E-state index is 14.5. The van der Waals surface area contributed by atoms with E-state index in [9.17, 15) is 9.18 Å². The molecule has 0 saturated heterocycles. The summed E-state index contributed by atoms with van der Waals surface area (Å²) < 4.78 is 26.6. The molecule has 0 amide bonds. The second kappa shape index (κ2) is 7.04. The summed E-state index contributed by atoms with van der Waals surface area (Å²) in [6, 6.07) is 19.9.